The molecule has 1 aromatic carbocycles. The largest absolute Gasteiger partial charge is 0.366 e. The lowest BCUT2D eigenvalue weighted by molar-refractivity contribution is -0.129. The van der Waals surface area contributed by atoms with Gasteiger partial charge in [0.25, 0.3) is 0 Å². The first-order valence-corrected chi connectivity index (χ1v) is 7.37. The summed E-state index contributed by atoms with van der Waals surface area (Å²) in [5.74, 6) is 0.0661. The quantitative estimate of drug-likeness (QED) is 0.673. The van der Waals surface area contributed by atoms with Gasteiger partial charge in [0.1, 0.15) is 12.1 Å². The summed E-state index contributed by atoms with van der Waals surface area (Å²) in [7, 11) is 0. The summed E-state index contributed by atoms with van der Waals surface area (Å²) in [6.45, 7) is 4.21. The third-order valence-electron chi connectivity index (χ3n) is 3.52. The van der Waals surface area contributed by atoms with Crippen LogP contribution >= 0.6 is 11.6 Å². The minimum atomic E-state index is -0.266. The van der Waals surface area contributed by atoms with Crippen LogP contribution in [0.2, 0.25) is 5.02 Å². The van der Waals surface area contributed by atoms with Gasteiger partial charge in [-0.25, -0.2) is 0 Å². The van der Waals surface area contributed by atoms with Crippen molar-refractivity contribution >= 4 is 34.6 Å². The van der Waals surface area contributed by atoms with Crippen LogP contribution < -0.4 is 10.3 Å². The topological polar surface area (TPSA) is 95.5 Å². The van der Waals surface area contributed by atoms with Gasteiger partial charge in [0, 0.05) is 38.1 Å². The smallest absolute Gasteiger partial charge is 0.237 e. The number of piperazine rings is 1. The third kappa shape index (κ3) is 4.12. The van der Waals surface area contributed by atoms with Gasteiger partial charge >= 0.3 is 0 Å². The van der Waals surface area contributed by atoms with Crippen LogP contribution in [-0.4, -0.2) is 42.7 Å². The first kappa shape index (κ1) is 16.6. The van der Waals surface area contributed by atoms with E-state index in [2.05, 4.69) is 15.4 Å². The lowest BCUT2D eigenvalue weighted by Gasteiger charge is -2.36. The zero-order chi connectivity index (χ0) is 16.8. The maximum absolute atomic E-state index is 11.4. The zero-order valence-corrected chi connectivity index (χ0v) is 13.3. The number of rotatable bonds is 3. The average molecular weight is 331 g/mol. The van der Waals surface area contributed by atoms with Crippen molar-refractivity contribution in [1.29, 1.82) is 10.5 Å². The fourth-order valence-corrected chi connectivity index (χ4v) is 2.50. The Morgan fingerprint density at radius 2 is 1.91 bits per heavy atom. The minimum absolute atomic E-state index is 0.0661. The highest BCUT2D eigenvalue weighted by Gasteiger charge is 2.20. The summed E-state index contributed by atoms with van der Waals surface area (Å²) in [4.78, 5) is 15.3. The lowest BCUT2D eigenvalue weighted by Crippen LogP contribution is -2.48. The Labute approximate surface area is 139 Å². The van der Waals surface area contributed by atoms with Crippen molar-refractivity contribution in [3.05, 3.63) is 23.2 Å². The van der Waals surface area contributed by atoms with Gasteiger partial charge in [-0.3, -0.25) is 10.2 Å². The number of halogens is 1. The molecule has 1 heterocycles. The lowest BCUT2D eigenvalue weighted by atomic mass is 10.2. The minimum Gasteiger partial charge on any atom is -0.366 e. The third-order valence-corrected chi connectivity index (χ3v) is 3.76. The molecule has 1 aromatic rings. The number of benzene rings is 1. The van der Waals surface area contributed by atoms with Crippen LogP contribution in [0, 0.1) is 22.7 Å². The number of carbonyl (C=O) groups excluding carboxylic acids is 1. The number of hydrogen-bond donors (Lipinski definition) is 1. The first-order valence-electron chi connectivity index (χ1n) is 6.99. The molecule has 23 heavy (non-hydrogen) atoms. The molecule has 8 heteroatoms. The standard InChI is InChI=1S/C15H15ClN6O/c1-11(23)21-4-6-22(7-5-21)15-3-2-12(16)8-14(15)20-19-13(9-17)10-18/h2-3,8,20H,4-7H2,1H3. The second-order valence-corrected chi connectivity index (χ2v) is 5.39. The average Bonchev–Trinajstić information content (AvgIpc) is 2.56. The van der Waals surface area contributed by atoms with E-state index in [0.29, 0.717) is 36.9 Å². The molecule has 1 aliphatic rings. The molecule has 1 fully saturated rings. The van der Waals surface area contributed by atoms with Crippen molar-refractivity contribution in [2.45, 2.75) is 6.92 Å². The second-order valence-electron chi connectivity index (χ2n) is 4.95. The molecule has 2 rings (SSSR count). The van der Waals surface area contributed by atoms with Crippen LogP contribution in [-0.2, 0) is 4.79 Å². The number of anilines is 2. The van der Waals surface area contributed by atoms with E-state index in [4.69, 9.17) is 22.1 Å². The highest BCUT2D eigenvalue weighted by molar-refractivity contribution is 6.31. The molecule has 0 saturated carbocycles. The van der Waals surface area contributed by atoms with Crippen molar-refractivity contribution in [1.82, 2.24) is 4.90 Å². The van der Waals surface area contributed by atoms with Crippen molar-refractivity contribution in [3.8, 4) is 12.1 Å². The van der Waals surface area contributed by atoms with Crippen molar-refractivity contribution in [3.63, 3.8) is 0 Å². The SMILES string of the molecule is CC(=O)N1CCN(c2ccc(Cl)cc2NN=C(C#N)C#N)CC1. The van der Waals surface area contributed by atoms with Crippen LogP contribution in [0.25, 0.3) is 0 Å². The van der Waals surface area contributed by atoms with Gasteiger partial charge in [-0.15, -0.1) is 0 Å². The molecule has 118 valence electrons. The molecule has 0 aliphatic carbocycles. The highest BCUT2D eigenvalue weighted by atomic mass is 35.5. The summed E-state index contributed by atoms with van der Waals surface area (Å²) >= 11 is 6.01. The number of carbonyl (C=O) groups is 1. The first-order chi connectivity index (χ1) is 11.0. The predicted octanol–water partition coefficient (Wildman–Crippen LogP) is 1.82. The normalized spacial score (nSPS) is 13.7. The molecule has 1 amide bonds. The number of hydrogen-bond acceptors (Lipinski definition) is 6. The van der Waals surface area contributed by atoms with Gasteiger partial charge in [0.2, 0.25) is 11.6 Å². The predicted molar refractivity (Wildman–Crippen MR) is 88.2 cm³/mol. The van der Waals surface area contributed by atoms with Crippen molar-refractivity contribution in [2.24, 2.45) is 5.10 Å². The zero-order valence-electron chi connectivity index (χ0n) is 12.6. The molecule has 0 aromatic heterocycles. The van der Waals surface area contributed by atoms with Gasteiger partial charge < -0.3 is 9.80 Å². The monoisotopic (exact) mass is 330 g/mol. The number of nitrogens with zero attached hydrogens (tertiary/aromatic N) is 5. The fraction of sp³-hybridized carbons (Fsp3) is 0.333. The van der Waals surface area contributed by atoms with Crippen LogP contribution in [0.5, 0.6) is 0 Å². The number of nitriles is 2. The van der Waals surface area contributed by atoms with Crippen LogP contribution in [0.3, 0.4) is 0 Å². The van der Waals surface area contributed by atoms with E-state index in [1.165, 1.54) is 0 Å². The maximum atomic E-state index is 11.4. The summed E-state index contributed by atoms with van der Waals surface area (Å²) in [5.41, 5.74) is 3.92. The Bertz CT molecular complexity index is 694. The van der Waals surface area contributed by atoms with Crippen LogP contribution in [0.1, 0.15) is 6.92 Å². The van der Waals surface area contributed by atoms with E-state index in [1.807, 2.05) is 6.07 Å². The van der Waals surface area contributed by atoms with Gasteiger partial charge in [-0.2, -0.15) is 15.6 Å². The molecule has 1 aliphatic heterocycles. The molecule has 0 unspecified atom stereocenters. The Balaban J connectivity index is 2.20. The molecule has 0 spiro atoms. The van der Waals surface area contributed by atoms with Gasteiger partial charge in [-0.1, -0.05) is 11.6 Å². The Morgan fingerprint density at radius 3 is 2.48 bits per heavy atom. The second kappa shape index (κ2) is 7.48. The fourth-order valence-electron chi connectivity index (χ4n) is 2.33. The molecular formula is C15H15ClN6O. The van der Waals surface area contributed by atoms with Crippen LogP contribution in [0.4, 0.5) is 11.4 Å². The van der Waals surface area contributed by atoms with E-state index in [9.17, 15) is 4.79 Å². The molecule has 7 nitrogen and oxygen atoms in total. The van der Waals surface area contributed by atoms with E-state index in [-0.39, 0.29) is 11.6 Å². The molecular weight excluding hydrogens is 316 g/mol. The summed E-state index contributed by atoms with van der Waals surface area (Å²) in [5, 5.41) is 21.8. The molecule has 1 N–H and O–H groups in total. The Hall–Kier alpha value is -2.77. The van der Waals surface area contributed by atoms with Crippen molar-refractivity contribution in [2.75, 3.05) is 36.5 Å². The summed E-state index contributed by atoms with van der Waals surface area (Å²) < 4.78 is 0. The van der Waals surface area contributed by atoms with Crippen LogP contribution in [0.15, 0.2) is 23.3 Å². The van der Waals surface area contributed by atoms with E-state index < -0.39 is 0 Å². The Kier molecular flexibility index (Phi) is 5.40. The van der Waals surface area contributed by atoms with Gasteiger partial charge in [0.15, 0.2) is 0 Å². The summed E-state index contributed by atoms with van der Waals surface area (Å²) in [6.07, 6.45) is 0. The van der Waals surface area contributed by atoms with E-state index in [1.54, 1.807) is 36.1 Å². The maximum Gasteiger partial charge on any atom is 0.237 e. The number of hydrazone groups is 1. The van der Waals surface area contributed by atoms with Crippen molar-refractivity contribution < 1.29 is 4.79 Å². The number of nitrogens with one attached hydrogen (secondary N) is 1. The van der Waals surface area contributed by atoms with Gasteiger partial charge in [0.05, 0.1) is 11.4 Å². The molecule has 0 atom stereocenters. The van der Waals surface area contributed by atoms with E-state index in [0.717, 1.165) is 5.69 Å². The number of amides is 1. The van der Waals surface area contributed by atoms with Gasteiger partial charge in [-0.05, 0) is 18.2 Å². The molecule has 1 saturated heterocycles. The summed E-state index contributed by atoms with van der Waals surface area (Å²) in [6, 6.07) is 8.68. The molecule has 0 radical (unpaired) electrons. The molecule has 0 bridgehead atoms. The van der Waals surface area contributed by atoms with E-state index >= 15 is 0 Å². The highest BCUT2D eigenvalue weighted by Crippen LogP contribution is 2.30. The Morgan fingerprint density at radius 1 is 1.26 bits per heavy atom.